The van der Waals surface area contributed by atoms with Crippen molar-refractivity contribution in [1.82, 2.24) is 19.6 Å². The number of benzene rings is 1. The molecule has 3 rings (SSSR count). The van der Waals surface area contributed by atoms with Crippen LogP contribution in [0.25, 0.3) is 16.9 Å². The number of aryl methyl sites for hydroxylation is 2. The van der Waals surface area contributed by atoms with Crippen molar-refractivity contribution in [3.63, 3.8) is 0 Å². The Morgan fingerprint density at radius 3 is 2.46 bits per heavy atom. The van der Waals surface area contributed by atoms with Gasteiger partial charge in [-0.3, -0.25) is 0 Å². The van der Waals surface area contributed by atoms with Crippen molar-refractivity contribution in [3.8, 4) is 11.1 Å². The van der Waals surface area contributed by atoms with Crippen LogP contribution in [0, 0.1) is 25.5 Å². The summed E-state index contributed by atoms with van der Waals surface area (Å²) in [5, 5.41) is 6.13. The van der Waals surface area contributed by atoms with Gasteiger partial charge in [-0.15, -0.1) is 0 Å². The van der Waals surface area contributed by atoms with Gasteiger partial charge in [0, 0.05) is 11.1 Å². The minimum Gasteiger partial charge on any atom is -0.358 e. The molecule has 0 aliphatic carbocycles. The highest BCUT2D eigenvalue weighted by Gasteiger charge is 2.37. The maximum atomic E-state index is 14.5. The molecule has 0 amide bonds. The Hall–Kier alpha value is -2.78. The quantitative estimate of drug-likeness (QED) is 0.706. The van der Waals surface area contributed by atoms with Gasteiger partial charge in [0.15, 0.2) is 0 Å². The molecular weight excluding hydrogens is 357 g/mol. The lowest BCUT2D eigenvalue weighted by Crippen LogP contribution is -2.34. The van der Waals surface area contributed by atoms with E-state index in [9.17, 15) is 22.0 Å². The number of fused-ring (bicyclic) bond motifs is 1. The Labute approximate surface area is 144 Å². The third kappa shape index (κ3) is 3.06. The Kier molecular flexibility index (Phi) is 4.29. The first-order valence-electron chi connectivity index (χ1n) is 7.59. The standard InChI is InChI=1S/C16H14F5N5/c1-7-4-12(18)10(5-11(7)17)13-8(2)24-15-22-6-23-26(15)14(13)25-9(3)16(19,20)21/h4-6,9,25H,1-3H3. The molecule has 0 aliphatic heterocycles. The second kappa shape index (κ2) is 6.19. The molecule has 138 valence electrons. The highest BCUT2D eigenvalue weighted by Crippen LogP contribution is 2.35. The fourth-order valence-corrected chi connectivity index (χ4v) is 2.53. The Bertz CT molecular complexity index is 979. The summed E-state index contributed by atoms with van der Waals surface area (Å²) >= 11 is 0. The topological polar surface area (TPSA) is 55.1 Å². The number of hydrogen-bond acceptors (Lipinski definition) is 4. The van der Waals surface area contributed by atoms with Gasteiger partial charge >= 0.3 is 6.18 Å². The highest BCUT2D eigenvalue weighted by molar-refractivity contribution is 5.79. The normalized spacial score (nSPS) is 13.2. The third-order valence-electron chi connectivity index (χ3n) is 3.97. The number of hydrogen-bond donors (Lipinski definition) is 1. The van der Waals surface area contributed by atoms with Crippen molar-refractivity contribution < 1.29 is 22.0 Å². The van der Waals surface area contributed by atoms with Gasteiger partial charge < -0.3 is 5.32 Å². The van der Waals surface area contributed by atoms with E-state index in [-0.39, 0.29) is 34.0 Å². The average molecular weight is 371 g/mol. The van der Waals surface area contributed by atoms with E-state index >= 15 is 0 Å². The van der Waals surface area contributed by atoms with Crippen LogP contribution in [0.4, 0.5) is 27.8 Å². The molecule has 2 heterocycles. The number of anilines is 1. The third-order valence-corrected chi connectivity index (χ3v) is 3.97. The number of nitrogens with one attached hydrogen (secondary N) is 1. The van der Waals surface area contributed by atoms with E-state index in [4.69, 9.17) is 0 Å². The molecule has 1 aromatic carbocycles. The van der Waals surface area contributed by atoms with Gasteiger partial charge in [0.05, 0.1) is 5.69 Å². The Morgan fingerprint density at radius 1 is 1.12 bits per heavy atom. The van der Waals surface area contributed by atoms with Crippen molar-refractivity contribution >= 4 is 11.6 Å². The van der Waals surface area contributed by atoms with Crippen LogP contribution >= 0.6 is 0 Å². The molecule has 3 aromatic rings. The van der Waals surface area contributed by atoms with Crippen molar-refractivity contribution in [2.75, 3.05) is 5.32 Å². The zero-order valence-electron chi connectivity index (χ0n) is 14.0. The molecule has 0 saturated carbocycles. The maximum Gasteiger partial charge on any atom is 0.408 e. The van der Waals surface area contributed by atoms with Crippen molar-refractivity contribution in [2.45, 2.75) is 33.0 Å². The summed E-state index contributed by atoms with van der Waals surface area (Å²) in [6, 6.07) is -0.0539. The van der Waals surface area contributed by atoms with Crippen LogP contribution in [0.3, 0.4) is 0 Å². The van der Waals surface area contributed by atoms with Crippen LogP contribution in [-0.4, -0.2) is 31.8 Å². The first-order chi connectivity index (χ1) is 12.1. The second-order valence-corrected chi connectivity index (χ2v) is 5.88. The van der Waals surface area contributed by atoms with Crippen molar-refractivity contribution in [1.29, 1.82) is 0 Å². The summed E-state index contributed by atoms with van der Waals surface area (Å²) in [6.07, 6.45) is -3.44. The molecule has 0 saturated heterocycles. The molecule has 0 bridgehead atoms. The Balaban J connectivity index is 2.30. The summed E-state index contributed by atoms with van der Waals surface area (Å²) in [4.78, 5) is 7.96. The van der Waals surface area contributed by atoms with Crippen LogP contribution in [-0.2, 0) is 0 Å². The number of rotatable bonds is 3. The van der Waals surface area contributed by atoms with E-state index in [1.54, 1.807) is 0 Å². The summed E-state index contributed by atoms with van der Waals surface area (Å²) in [7, 11) is 0. The first kappa shape index (κ1) is 18.0. The van der Waals surface area contributed by atoms with Crippen LogP contribution in [0.1, 0.15) is 18.2 Å². The SMILES string of the molecule is Cc1cc(F)c(-c2c(C)nc3ncnn3c2NC(C)C(F)(F)F)cc1F. The van der Waals surface area contributed by atoms with Gasteiger partial charge in [0.1, 0.15) is 29.8 Å². The average Bonchev–Trinajstić information content (AvgIpc) is 2.98. The summed E-state index contributed by atoms with van der Waals surface area (Å²) in [5.41, 5.74) is 0.0317. The molecule has 10 heteroatoms. The van der Waals surface area contributed by atoms with Crippen LogP contribution in [0.2, 0.25) is 0 Å². The lowest BCUT2D eigenvalue weighted by Gasteiger charge is -2.22. The van der Waals surface area contributed by atoms with E-state index in [2.05, 4.69) is 20.4 Å². The van der Waals surface area contributed by atoms with Gasteiger partial charge in [-0.25, -0.2) is 13.8 Å². The molecule has 0 spiro atoms. The number of halogens is 5. The fraction of sp³-hybridized carbons (Fsp3) is 0.312. The van der Waals surface area contributed by atoms with Gasteiger partial charge in [-0.1, -0.05) is 0 Å². The van der Waals surface area contributed by atoms with Crippen molar-refractivity contribution in [2.24, 2.45) is 0 Å². The van der Waals surface area contributed by atoms with E-state index in [1.807, 2.05) is 0 Å². The maximum absolute atomic E-state index is 14.5. The minimum absolute atomic E-state index is 0.0181. The first-order valence-corrected chi connectivity index (χ1v) is 7.59. The lowest BCUT2D eigenvalue weighted by molar-refractivity contribution is -0.138. The molecule has 2 aromatic heterocycles. The van der Waals surface area contributed by atoms with Gasteiger partial charge in [0.25, 0.3) is 5.78 Å². The molecule has 1 unspecified atom stereocenters. The van der Waals surface area contributed by atoms with Crippen LogP contribution < -0.4 is 5.32 Å². The summed E-state index contributed by atoms with van der Waals surface area (Å²) < 4.78 is 68.6. The number of alkyl halides is 3. The molecule has 0 aliphatic rings. The fourth-order valence-electron chi connectivity index (χ4n) is 2.53. The highest BCUT2D eigenvalue weighted by atomic mass is 19.4. The van der Waals surface area contributed by atoms with Gasteiger partial charge in [-0.05, 0) is 38.5 Å². The Morgan fingerprint density at radius 2 is 1.81 bits per heavy atom. The zero-order valence-corrected chi connectivity index (χ0v) is 14.0. The lowest BCUT2D eigenvalue weighted by atomic mass is 10.0. The van der Waals surface area contributed by atoms with Crippen molar-refractivity contribution in [3.05, 3.63) is 41.4 Å². The number of nitrogens with zero attached hydrogens (tertiary/aromatic N) is 4. The van der Waals surface area contributed by atoms with E-state index in [1.165, 1.54) is 13.8 Å². The molecule has 0 radical (unpaired) electrons. The van der Waals surface area contributed by atoms with E-state index < -0.39 is 23.9 Å². The van der Waals surface area contributed by atoms with Crippen LogP contribution in [0.5, 0.6) is 0 Å². The van der Waals surface area contributed by atoms with E-state index in [0.29, 0.717) is 0 Å². The van der Waals surface area contributed by atoms with Gasteiger partial charge in [0.2, 0.25) is 0 Å². The summed E-state index contributed by atoms with van der Waals surface area (Å²) in [6.45, 7) is 3.78. The summed E-state index contributed by atoms with van der Waals surface area (Å²) in [5.74, 6) is -1.60. The molecule has 1 N–H and O–H groups in total. The predicted molar refractivity (Wildman–Crippen MR) is 84.7 cm³/mol. The largest absolute Gasteiger partial charge is 0.408 e. The minimum atomic E-state index is -4.56. The molecule has 5 nitrogen and oxygen atoms in total. The zero-order chi connectivity index (χ0) is 19.2. The predicted octanol–water partition coefficient (Wildman–Crippen LogP) is 4.05. The smallest absolute Gasteiger partial charge is 0.358 e. The van der Waals surface area contributed by atoms with E-state index in [0.717, 1.165) is 29.9 Å². The molecule has 26 heavy (non-hydrogen) atoms. The second-order valence-electron chi connectivity index (χ2n) is 5.88. The number of aromatic nitrogens is 4. The monoisotopic (exact) mass is 371 g/mol. The molecular formula is C16H14F5N5. The molecule has 0 fully saturated rings. The molecule has 1 atom stereocenters. The van der Waals surface area contributed by atoms with Crippen LogP contribution in [0.15, 0.2) is 18.5 Å². The van der Waals surface area contributed by atoms with Gasteiger partial charge in [-0.2, -0.15) is 27.8 Å².